The molecule has 0 aliphatic carbocycles. The summed E-state index contributed by atoms with van der Waals surface area (Å²) < 4.78 is 0. The lowest BCUT2D eigenvalue weighted by Crippen LogP contribution is -2.35. The summed E-state index contributed by atoms with van der Waals surface area (Å²) in [7, 11) is 4.29. The normalized spacial score (nSPS) is 16.3. The SMILES string of the molecule is C=c1ccccc1=C.Cc1ccc2c(c1)N(C)C(C)N2C. The van der Waals surface area contributed by atoms with Crippen LogP contribution in [0.5, 0.6) is 0 Å². The third-order valence-corrected chi connectivity index (χ3v) is 4.13. The van der Waals surface area contributed by atoms with E-state index in [1.807, 2.05) is 24.3 Å². The number of hydrogen-bond acceptors (Lipinski definition) is 2. The molecule has 0 radical (unpaired) electrons. The first-order valence-electron chi connectivity index (χ1n) is 7.21. The maximum atomic E-state index is 3.76. The van der Waals surface area contributed by atoms with Gasteiger partial charge in [-0.3, -0.25) is 0 Å². The van der Waals surface area contributed by atoms with E-state index in [-0.39, 0.29) is 0 Å². The van der Waals surface area contributed by atoms with Crippen LogP contribution in [-0.4, -0.2) is 20.3 Å². The molecule has 2 heteroatoms. The quantitative estimate of drug-likeness (QED) is 0.732. The molecular weight excluding hydrogens is 256 g/mol. The third-order valence-electron chi connectivity index (χ3n) is 4.13. The van der Waals surface area contributed by atoms with Crippen LogP contribution in [0.15, 0.2) is 42.5 Å². The maximum absolute atomic E-state index is 3.76. The highest BCUT2D eigenvalue weighted by atomic mass is 15.4. The molecule has 0 bridgehead atoms. The van der Waals surface area contributed by atoms with E-state index < -0.39 is 0 Å². The zero-order valence-corrected chi connectivity index (χ0v) is 13.4. The van der Waals surface area contributed by atoms with Crippen molar-refractivity contribution in [2.24, 2.45) is 0 Å². The molecular formula is C19H24N2. The Balaban J connectivity index is 0.000000173. The summed E-state index contributed by atoms with van der Waals surface area (Å²) in [5.41, 5.74) is 4.00. The highest BCUT2D eigenvalue weighted by molar-refractivity contribution is 5.77. The summed E-state index contributed by atoms with van der Waals surface area (Å²) in [6.45, 7) is 11.9. The molecule has 1 aliphatic rings. The van der Waals surface area contributed by atoms with E-state index in [1.165, 1.54) is 16.9 Å². The second-order valence-electron chi connectivity index (χ2n) is 5.61. The molecule has 1 heterocycles. The van der Waals surface area contributed by atoms with Crippen LogP contribution in [0.25, 0.3) is 13.2 Å². The van der Waals surface area contributed by atoms with Crippen molar-refractivity contribution in [1.29, 1.82) is 0 Å². The Hall–Kier alpha value is -2.22. The van der Waals surface area contributed by atoms with Gasteiger partial charge in [0.1, 0.15) is 0 Å². The summed E-state index contributed by atoms with van der Waals surface area (Å²) in [6, 6.07) is 14.4. The average molecular weight is 280 g/mol. The Kier molecular flexibility index (Phi) is 4.37. The molecule has 1 unspecified atom stereocenters. The topological polar surface area (TPSA) is 6.48 Å². The largest absolute Gasteiger partial charge is 0.353 e. The molecule has 110 valence electrons. The van der Waals surface area contributed by atoms with Gasteiger partial charge in [-0.25, -0.2) is 0 Å². The third kappa shape index (κ3) is 3.10. The minimum Gasteiger partial charge on any atom is -0.353 e. The molecule has 2 nitrogen and oxygen atoms in total. The van der Waals surface area contributed by atoms with Crippen molar-refractivity contribution in [3.8, 4) is 0 Å². The number of anilines is 2. The lowest BCUT2D eigenvalue weighted by molar-refractivity contribution is 0.710. The van der Waals surface area contributed by atoms with E-state index in [1.54, 1.807) is 0 Å². The molecule has 21 heavy (non-hydrogen) atoms. The van der Waals surface area contributed by atoms with Gasteiger partial charge in [0.2, 0.25) is 0 Å². The van der Waals surface area contributed by atoms with Crippen LogP contribution in [0, 0.1) is 6.92 Å². The number of hydrogen-bond donors (Lipinski definition) is 0. The summed E-state index contributed by atoms with van der Waals surface area (Å²) in [5.74, 6) is 0. The monoisotopic (exact) mass is 280 g/mol. The molecule has 0 spiro atoms. The first-order chi connectivity index (χ1) is 9.91. The van der Waals surface area contributed by atoms with Crippen LogP contribution in [0.4, 0.5) is 11.4 Å². The van der Waals surface area contributed by atoms with Gasteiger partial charge in [-0.15, -0.1) is 0 Å². The van der Waals surface area contributed by atoms with Gasteiger partial charge >= 0.3 is 0 Å². The summed E-state index contributed by atoms with van der Waals surface area (Å²) >= 11 is 0. The molecule has 0 amide bonds. The molecule has 1 aliphatic heterocycles. The van der Waals surface area contributed by atoms with Gasteiger partial charge in [-0.05, 0) is 42.0 Å². The number of aryl methyl sites for hydroxylation is 1. The number of benzene rings is 2. The van der Waals surface area contributed by atoms with Crippen molar-refractivity contribution >= 4 is 24.5 Å². The highest BCUT2D eigenvalue weighted by Gasteiger charge is 2.26. The Morgan fingerprint density at radius 3 is 1.90 bits per heavy atom. The number of rotatable bonds is 0. The van der Waals surface area contributed by atoms with Gasteiger partial charge in [0.25, 0.3) is 0 Å². The molecule has 0 saturated carbocycles. The van der Waals surface area contributed by atoms with E-state index in [0.717, 1.165) is 10.4 Å². The van der Waals surface area contributed by atoms with Crippen molar-refractivity contribution in [2.75, 3.05) is 23.9 Å². The fraction of sp³-hybridized carbons (Fsp3) is 0.263. The van der Waals surface area contributed by atoms with Crippen molar-refractivity contribution in [2.45, 2.75) is 20.0 Å². The number of fused-ring (bicyclic) bond motifs is 1. The van der Waals surface area contributed by atoms with Gasteiger partial charge in [0.05, 0.1) is 17.5 Å². The molecule has 1 atom stereocenters. The van der Waals surface area contributed by atoms with Crippen molar-refractivity contribution < 1.29 is 0 Å². The predicted molar refractivity (Wildman–Crippen MR) is 94.2 cm³/mol. The number of nitrogens with zero attached hydrogens (tertiary/aromatic N) is 2. The van der Waals surface area contributed by atoms with Gasteiger partial charge in [0, 0.05) is 14.1 Å². The lowest BCUT2D eigenvalue weighted by Gasteiger charge is -2.23. The lowest BCUT2D eigenvalue weighted by atomic mass is 10.2. The molecule has 3 rings (SSSR count). The fourth-order valence-corrected chi connectivity index (χ4v) is 2.43. The molecule has 2 aromatic carbocycles. The van der Waals surface area contributed by atoms with Crippen LogP contribution < -0.4 is 20.2 Å². The van der Waals surface area contributed by atoms with Crippen LogP contribution in [0.3, 0.4) is 0 Å². The van der Waals surface area contributed by atoms with Crippen molar-refractivity contribution in [1.82, 2.24) is 0 Å². The molecule has 0 N–H and O–H groups in total. The smallest absolute Gasteiger partial charge is 0.0982 e. The summed E-state index contributed by atoms with van der Waals surface area (Å²) in [6.07, 6.45) is 0.469. The second kappa shape index (κ2) is 6.04. The van der Waals surface area contributed by atoms with Gasteiger partial charge in [-0.2, -0.15) is 0 Å². The Morgan fingerprint density at radius 2 is 1.38 bits per heavy atom. The van der Waals surface area contributed by atoms with Gasteiger partial charge < -0.3 is 9.80 Å². The Bertz CT molecular complexity index is 692. The second-order valence-corrected chi connectivity index (χ2v) is 5.61. The fourth-order valence-electron chi connectivity index (χ4n) is 2.43. The first kappa shape index (κ1) is 15.2. The van der Waals surface area contributed by atoms with Gasteiger partial charge in [0.15, 0.2) is 0 Å². The molecule has 0 aromatic heterocycles. The molecule has 0 fully saturated rings. The molecule has 2 aromatic rings. The standard InChI is InChI=1S/C11H16N2.C8H8/c1-8-5-6-10-11(7-8)13(4)9(2)12(10)3;1-7-5-3-4-6-8(7)2/h5-7,9H,1-4H3;3-6H,1-2H2. The van der Waals surface area contributed by atoms with Crippen LogP contribution in [-0.2, 0) is 0 Å². The first-order valence-corrected chi connectivity index (χ1v) is 7.21. The average Bonchev–Trinajstić information content (AvgIpc) is 2.68. The minimum absolute atomic E-state index is 0.469. The van der Waals surface area contributed by atoms with E-state index in [9.17, 15) is 0 Å². The minimum atomic E-state index is 0.469. The predicted octanol–water partition coefficient (Wildman–Crippen LogP) is 2.73. The van der Waals surface area contributed by atoms with Gasteiger partial charge in [-0.1, -0.05) is 43.5 Å². The highest BCUT2D eigenvalue weighted by Crippen LogP contribution is 2.37. The van der Waals surface area contributed by atoms with Crippen LogP contribution >= 0.6 is 0 Å². The van der Waals surface area contributed by atoms with Crippen LogP contribution in [0.1, 0.15) is 12.5 Å². The van der Waals surface area contributed by atoms with Crippen molar-refractivity contribution in [3.63, 3.8) is 0 Å². The van der Waals surface area contributed by atoms with E-state index in [2.05, 4.69) is 69.1 Å². The zero-order chi connectivity index (χ0) is 15.6. The summed E-state index contributed by atoms with van der Waals surface area (Å²) in [5, 5.41) is 2.01. The maximum Gasteiger partial charge on any atom is 0.0982 e. The van der Waals surface area contributed by atoms with Crippen LogP contribution in [0.2, 0.25) is 0 Å². The van der Waals surface area contributed by atoms with Crippen molar-refractivity contribution in [3.05, 3.63) is 58.5 Å². The van der Waals surface area contributed by atoms with E-state index in [4.69, 9.17) is 0 Å². The zero-order valence-electron chi connectivity index (χ0n) is 13.4. The molecule has 0 saturated heterocycles. The van der Waals surface area contributed by atoms with E-state index in [0.29, 0.717) is 6.17 Å². The Morgan fingerprint density at radius 1 is 0.857 bits per heavy atom. The summed E-state index contributed by atoms with van der Waals surface area (Å²) in [4.78, 5) is 4.61. The Labute approximate surface area is 127 Å². The van der Waals surface area contributed by atoms with E-state index >= 15 is 0 Å².